The summed E-state index contributed by atoms with van der Waals surface area (Å²) in [5.74, 6) is 0.609. The minimum absolute atomic E-state index is 0.0826. The minimum atomic E-state index is -3.12. The zero-order chi connectivity index (χ0) is 13.4. The van der Waals surface area contributed by atoms with Gasteiger partial charge in [-0.05, 0) is 25.5 Å². The van der Waals surface area contributed by atoms with E-state index in [0.29, 0.717) is 30.9 Å². The third-order valence-electron chi connectivity index (χ3n) is 2.28. The van der Waals surface area contributed by atoms with Gasteiger partial charge in [0.15, 0.2) is 0 Å². The number of rotatable bonds is 7. The molecule has 1 aromatic rings. The highest BCUT2D eigenvalue weighted by Crippen LogP contribution is 2.08. The molecule has 1 heterocycles. The fourth-order valence-corrected chi connectivity index (χ4v) is 1.92. The van der Waals surface area contributed by atoms with E-state index in [9.17, 15) is 8.42 Å². The smallest absolute Gasteiger partial charge is 0.211 e. The molecule has 0 saturated heterocycles. The van der Waals surface area contributed by atoms with Gasteiger partial charge in [0.2, 0.25) is 10.0 Å². The highest BCUT2D eigenvalue weighted by atomic mass is 32.2. The molecule has 0 aromatic carbocycles. The Morgan fingerprint density at radius 3 is 2.89 bits per heavy atom. The lowest BCUT2D eigenvalue weighted by molar-refractivity contribution is 0.581. The molecule has 1 aromatic heterocycles. The lowest BCUT2D eigenvalue weighted by Crippen LogP contribution is -2.27. The van der Waals surface area contributed by atoms with Gasteiger partial charge in [-0.1, -0.05) is 0 Å². The summed E-state index contributed by atoms with van der Waals surface area (Å²) in [6, 6.07) is 5.40. The van der Waals surface area contributed by atoms with Gasteiger partial charge in [0.05, 0.1) is 11.3 Å². The van der Waals surface area contributed by atoms with Crippen molar-refractivity contribution in [2.24, 2.45) is 0 Å². The molecule has 0 bridgehead atoms. The number of nitrogens with one attached hydrogen (secondary N) is 2. The molecular formula is C11H16N4O2S. The second-order valence-corrected chi connectivity index (χ2v) is 5.68. The van der Waals surface area contributed by atoms with Gasteiger partial charge in [0.25, 0.3) is 0 Å². The van der Waals surface area contributed by atoms with Crippen LogP contribution in [0.15, 0.2) is 18.3 Å². The van der Waals surface area contributed by atoms with E-state index in [-0.39, 0.29) is 5.75 Å². The topological polar surface area (TPSA) is 94.9 Å². The third-order valence-corrected chi connectivity index (χ3v) is 3.68. The van der Waals surface area contributed by atoms with Crippen LogP contribution in [0.25, 0.3) is 0 Å². The standard InChI is InChI=1S/C11H16N4O2S/c1-2-18(16,17)15-8-4-7-14-11-10(9-12)5-3-6-13-11/h3,5-6,15H,2,4,7-8H2,1H3,(H,13,14). The van der Waals surface area contributed by atoms with Crippen LogP contribution in [0.4, 0.5) is 5.82 Å². The van der Waals surface area contributed by atoms with Gasteiger partial charge < -0.3 is 5.32 Å². The van der Waals surface area contributed by atoms with Crippen LogP contribution < -0.4 is 10.0 Å². The summed E-state index contributed by atoms with van der Waals surface area (Å²) in [6.07, 6.45) is 2.23. The fourth-order valence-electron chi connectivity index (χ4n) is 1.26. The molecule has 0 atom stereocenters. The molecule has 0 aliphatic rings. The predicted molar refractivity (Wildman–Crippen MR) is 69.5 cm³/mol. The van der Waals surface area contributed by atoms with Crippen LogP contribution in [-0.4, -0.2) is 32.2 Å². The van der Waals surface area contributed by atoms with Crippen molar-refractivity contribution in [3.8, 4) is 6.07 Å². The Labute approximate surface area is 107 Å². The Morgan fingerprint density at radius 2 is 2.22 bits per heavy atom. The summed E-state index contributed by atoms with van der Waals surface area (Å²) < 4.78 is 24.8. The average Bonchev–Trinajstić information content (AvgIpc) is 2.38. The van der Waals surface area contributed by atoms with Gasteiger partial charge in [-0.2, -0.15) is 5.26 Å². The number of aromatic nitrogens is 1. The zero-order valence-electron chi connectivity index (χ0n) is 10.2. The summed E-state index contributed by atoms with van der Waals surface area (Å²) in [5.41, 5.74) is 0.478. The van der Waals surface area contributed by atoms with Crippen LogP contribution in [0.5, 0.6) is 0 Å². The number of hydrogen-bond acceptors (Lipinski definition) is 5. The molecule has 2 N–H and O–H groups in total. The number of anilines is 1. The molecule has 0 saturated carbocycles. The quantitative estimate of drug-likeness (QED) is 0.710. The van der Waals surface area contributed by atoms with Crippen molar-refractivity contribution in [2.45, 2.75) is 13.3 Å². The molecule has 0 aliphatic carbocycles. The number of hydrogen-bond donors (Lipinski definition) is 2. The normalized spacial score (nSPS) is 10.9. The van der Waals surface area contributed by atoms with Crippen molar-refractivity contribution >= 4 is 15.8 Å². The lowest BCUT2D eigenvalue weighted by Gasteiger charge is -2.07. The average molecular weight is 268 g/mol. The van der Waals surface area contributed by atoms with Crippen molar-refractivity contribution in [1.82, 2.24) is 9.71 Å². The van der Waals surface area contributed by atoms with Gasteiger partial charge in [-0.15, -0.1) is 0 Å². The van der Waals surface area contributed by atoms with E-state index in [0.717, 1.165) is 0 Å². The van der Waals surface area contributed by atoms with Crippen molar-refractivity contribution < 1.29 is 8.42 Å². The largest absolute Gasteiger partial charge is 0.369 e. The van der Waals surface area contributed by atoms with E-state index in [1.807, 2.05) is 6.07 Å². The van der Waals surface area contributed by atoms with E-state index >= 15 is 0 Å². The maximum Gasteiger partial charge on any atom is 0.211 e. The van der Waals surface area contributed by atoms with Crippen LogP contribution in [0.2, 0.25) is 0 Å². The molecule has 0 aliphatic heterocycles. The molecule has 6 nitrogen and oxygen atoms in total. The van der Waals surface area contributed by atoms with Crippen molar-refractivity contribution in [3.63, 3.8) is 0 Å². The molecule has 18 heavy (non-hydrogen) atoms. The molecule has 0 spiro atoms. The van der Waals surface area contributed by atoms with Crippen LogP contribution in [0.3, 0.4) is 0 Å². The van der Waals surface area contributed by atoms with Gasteiger partial charge in [0.1, 0.15) is 11.9 Å². The van der Waals surface area contributed by atoms with E-state index < -0.39 is 10.0 Å². The van der Waals surface area contributed by atoms with E-state index in [4.69, 9.17) is 5.26 Å². The van der Waals surface area contributed by atoms with Crippen molar-refractivity contribution in [3.05, 3.63) is 23.9 Å². The maximum absolute atomic E-state index is 11.1. The molecule has 1 rings (SSSR count). The monoisotopic (exact) mass is 268 g/mol. The maximum atomic E-state index is 11.1. The molecule has 0 radical (unpaired) electrons. The minimum Gasteiger partial charge on any atom is -0.369 e. The summed E-state index contributed by atoms with van der Waals surface area (Å²) in [5, 5.41) is 11.8. The van der Waals surface area contributed by atoms with Gasteiger partial charge in [-0.25, -0.2) is 18.1 Å². The first-order valence-electron chi connectivity index (χ1n) is 5.65. The highest BCUT2D eigenvalue weighted by Gasteiger charge is 2.05. The van der Waals surface area contributed by atoms with Gasteiger partial charge >= 0.3 is 0 Å². The summed E-state index contributed by atoms with van der Waals surface area (Å²) in [7, 11) is -3.12. The van der Waals surface area contributed by atoms with E-state index in [1.165, 1.54) is 0 Å². The van der Waals surface area contributed by atoms with Crippen molar-refractivity contribution in [2.75, 3.05) is 24.2 Å². The number of nitriles is 1. The number of pyridine rings is 1. The SMILES string of the molecule is CCS(=O)(=O)NCCCNc1ncccc1C#N. The second-order valence-electron chi connectivity index (χ2n) is 3.59. The highest BCUT2D eigenvalue weighted by molar-refractivity contribution is 7.89. The Hall–Kier alpha value is -1.65. The zero-order valence-corrected chi connectivity index (χ0v) is 11.0. The van der Waals surface area contributed by atoms with Crippen LogP contribution in [0, 0.1) is 11.3 Å². The summed E-state index contributed by atoms with van der Waals surface area (Å²) in [4.78, 5) is 4.04. The number of nitrogens with zero attached hydrogens (tertiary/aromatic N) is 2. The first-order valence-corrected chi connectivity index (χ1v) is 7.30. The third kappa shape index (κ3) is 4.69. The first-order chi connectivity index (χ1) is 8.59. The van der Waals surface area contributed by atoms with Gasteiger partial charge in [-0.3, -0.25) is 0 Å². The summed E-state index contributed by atoms with van der Waals surface area (Å²) >= 11 is 0. The predicted octanol–water partition coefficient (Wildman–Crippen LogP) is 0.695. The molecule has 0 unspecified atom stereocenters. The van der Waals surface area contributed by atoms with Gasteiger partial charge in [0, 0.05) is 19.3 Å². The molecule has 0 fully saturated rings. The lowest BCUT2D eigenvalue weighted by atomic mass is 10.3. The number of sulfonamides is 1. The fraction of sp³-hybridized carbons (Fsp3) is 0.455. The molecule has 7 heteroatoms. The Kier molecular flexibility index (Phi) is 5.55. The van der Waals surface area contributed by atoms with Crippen molar-refractivity contribution in [1.29, 1.82) is 5.26 Å². The molecular weight excluding hydrogens is 252 g/mol. The molecule has 0 amide bonds. The first kappa shape index (κ1) is 14.4. The van der Waals surface area contributed by atoms with E-state index in [2.05, 4.69) is 15.0 Å². The van der Waals surface area contributed by atoms with Crippen LogP contribution in [0.1, 0.15) is 18.9 Å². The summed E-state index contributed by atoms with van der Waals surface area (Å²) in [6.45, 7) is 2.52. The Balaban J connectivity index is 2.33. The Bertz CT molecular complexity index is 522. The second kappa shape index (κ2) is 6.93. The molecule has 98 valence electrons. The van der Waals surface area contributed by atoms with E-state index in [1.54, 1.807) is 25.3 Å². The van der Waals surface area contributed by atoms with Crippen LogP contribution in [-0.2, 0) is 10.0 Å². The Morgan fingerprint density at radius 1 is 1.44 bits per heavy atom. The van der Waals surface area contributed by atoms with Crippen LogP contribution >= 0.6 is 0 Å².